The molecule has 5 nitrogen and oxygen atoms in total. The summed E-state index contributed by atoms with van der Waals surface area (Å²) in [6.45, 7) is 1.92. The Morgan fingerprint density at radius 2 is 1.88 bits per heavy atom. The molecule has 12 heteroatoms. The molecule has 0 unspecified atom stereocenters. The number of rotatable bonds is 2. The molecule has 3 rings (SSSR count). The first kappa shape index (κ1) is 19.1. The molecule has 0 amide bonds. The molecular formula is C14H12ClF4N5S2. The fourth-order valence-electron chi connectivity index (χ4n) is 2.34. The van der Waals surface area contributed by atoms with Gasteiger partial charge >= 0.3 is 6.18 Å². The second kappa shape index (κ2) is 7.49. The van der Waals surface area contributed by atoms with Crippen molar-refractivity contribution in [2.45, 2.75) is 6.18 Å². The van der Waals surface area contributed by atoms with Gasteiger partial charge in [-0.15, -0.1) is 10.2 Å². The lowest BCUT2D eigenvalue weighted by Crippen LogP contribution is -2.50. The molecule has 1 aliphatic heterocycles. The molecule has 0 aliphatic carbocycles. The minimum Gasteiger partial charge on any atom is -0.345 e. The van der Waals surface area contributed by atoms with Gasteiger partial charge in [-0.2, -0.15) is 13.2 Å². The first-order valence-electron chi connectivity index (χ1n) is 7.40. The number of hydrogen-bond donors (Lipinski definition) is 1. The van der Waals surface area contributed by atoms with E-state index in [0.29, 0.717) is 48.3 Å². The van der Waals surface area contributed by atoms with Crippen molar-refractivity contribution in [3.05, 3.63) is 34.0 Å². The van der Waals surface area contributed by atoms with Crippen LogP contribution in [0.3, 0.4) is 0 Å². The number of hydrogen-bond acceptors (Lipinski definition) is 5. The van der Waals surface area contributed by atoms with E-state index >= 15 is 0 Å². The van der Waals surface area contributed by atoms with E-state index in [4.69, 9.17) is 23.8 Å². The molecule has 0 atom stereocenters. The predicted octanol–water partition coefficient (Wildman–Crippen LogP) is 3.87. The zero-order valence-corrected chi connectivity index (χ0v) is 15.4. The lowest BCUT2D eigenvalue weighted by Gasteiger charge is -2.35. The average molecular weight is 426 g/mol. The highest BCUT2D eigenvalue weighted by molar-refractivity contribution is 7.80. The lowest BCUT2D eigenvalue weighted by molar-refractivity contribution is -0.138. The van der Waals surface area contributed by atoms with Gasteiger partial charge in [-0.3, -0.25) is 0 Å². The van der Waals surface area contributed by atoms with Crippen LogP contribution in [-0.4, -0.2) is 46.4 Å². The van der Waals surface area contributed by atoms with E-state index in [1.165, 1.54) is 18.2 Å². The van der Waals surface area contributed by atoms with Crippen molar-refractivity contribution in [1.29, 1.82) is 0 Å². The van der Waals surface area contributed by atoms with E-state index in [-0.39, 0.29) is 10.2 Å². The van der Waals surface area contributed by atoms with E-state index in [1.54, 1.807) is 4.90 Å². The quantitative estimate of drug-likeness (QED) is 0.582. The van der Waals surface area contributed by atoms with Crippen molar-refractivity contribution in [2.75, 3.05) is 36.4 Å². The van der Waals surface area contributed by atoms with Gasteiger partial charge in [0.2, 0.25) is 10.1 Å². The highest BCUT2D eigenvalue weighted by Gasteiger charge is 2.36. The van der Waals surface area contributed by atoms with Crippen molar-refractivity contribution in [3.63, 3.8) is 0 Å². The van der Waals surface area contributed by atoms with E-state index in [2.05, 4.69) is 15.5 Å². The fourth-order valence-corrected chi connectivity index (χ4v) is 3.58. The van der Waals surface area contributed by atoms with Crippen LogP contribution in [0.25, 0.3) is 0 Å². The normalized spacial score (nSPS) is 15.3. The SMILES string of the molecule is Fc1ccc(NC(=S)N2CCN(c3nnc(C(F)(F)F)s3)CC2)cc1Cl. The van der Waals surface area contributed by atoms with E-state index in [1.807, 2.05) is 4.90 Å². The van der Waals surface area contributed by atoms with Gasteiger partial charge in [-0.25, -0.2) is 4.39 Å². The number of nitrogens with one attached hydrogen (secondary N) is 1. The predicted molar refractivity (Wildman–Crippen MR) is 96.3 cm³/mol. The molecule has 1 saturated heterocycles. The highest BCUT2D eigenvalue weighted by atomic mass is 35.5. The van der Waals surface area contributed by atoms with Crippen molar-refractivity contribution in [3.8, 4) is 0 Å². The molecule has 140 valence electrons. The Labute approximate surface area is 160 Å². The van der Waals surface area contributed by atoms with Gasteiger partial charge in [-0.05, 0) is 30.4 Å². The monoisotopic (exact) mass is 425 g/mol. The maximum Gasteiger partial charge on any atom is 0.445 e. The lowest BCUT2D eigenvalue weighted by atomic mass is 10.3. The number of benzene rings is 1. The summed E-state index contributed by atoms with van der Waals surface area (Å²) in [4.78, 5) is 3.61. The first-order valence-corrected chi connectivity index (χ1v) is 9.01. The van der Waals surface area contributed by atoms with E-state index in [0.717, 1.165) is 0 Å². The molecule has 0 radical (unpaired) electrons. The third-order valence-corrected chi connectivity index (χ3v) is 5.34. The van der Waals surface area contributed by atoms with Crippen LogP contribution < -0.4 is 10.2 Å². The second-order valence-electron chi connectivity index (χ2n) is 5.42. The number of piperazine rings is 1. The average Bonchev–Trinajstić information content (AvgIpc) is 3.09. The smallest absolute Gasteiger partial charge is 0.345 e. The number of aromatic nitrogens is 2. The van der Waals surface area contributed by atoms with Gasteiger partial charge < -0.3 is 15.1 Å². The summed E-state index contributed by atoms with van der Waals surface area (Å²) in [5, 5.41) is 9.48. The van der Waals surface area contributed by atoms with Crippen LogP contribution in [0, 0.1) is 5.82 Å². The van der Waals surface area contributed by atoms with E-state index in [9.17, 15) is 17.6 Å². The Balaban J connectivity index is 1.57. The van der Waals surface area contributed by atoms with Crippen LogP contribution in [0.1, 0.15) is 5.01 Å². The zero-order valence-electron chi connectivity index (χ0n) is 13.1. The molecule has 1 N–H and O–H groups in total. The van der Waals surface area contributed by atoms with Gasteiger partial charge in [0.15, 0.2) is 5.11 Å². The summed E-state index contributed by atoms with van der Waals surface area (Å²) in [5.74, 6) is -0.521. The third-order valence-electron chi connectivity index (χ3n) is 3.67. The third kappa shape index (κ3) is 4.33. The molecule has 1 fully saturated rings. The number of nitrogens with zero attached hydrogens (tertiary/aromatic N) is 4. The molecule has 2 aromatic rings. The Bertz CT molecular complexity index is 805. The van der Waals surface area contributed by atoms with Gasteiger partial charge in [0.1, 0.15) is 5.82 Å². The molecular weight excluding hydrogens is 414 g/mol. The highest BCUT2D eigenvalue weighted by Crippen LogP contribution is 2.34. The summed E-state index contributed by atoms with van der Waals surface area (Å²) >= 11 is 11.6. The standard InChI is InChI=1S/C14H12ClF4N5S2/c15-9-7-8(1-2-10(9)16)20-12(25)23-3-5-24(6-4-23)13-22-21-11(26-13)14(17,18)19/h1-2,7H,3-6H2,(H,20,25). The van der Waals surface area contributed by atoms with Crippen molar-refractivity contribution >= 4 is 51.1 Å². The number of anilines is 2. The van der Waals surface area contributed by atoms with Crippen LogP contribution in [0.5, 0.6) is 0 Å². The van der Waals surface area contributed by atoms with Crippen molar-refractivity contribution < 1.29 is 17.6 Å². The van der Waals surface area contributed by atoms with Crippen LogP contribution in [-0.2, 0) is 6.18 Å². The summed E-state index contributed by atoms with van der Waals surface area (Å²) in [6.07, 6.45) is -4.49. The first-order chi connectivity index (χ1) is 12.2. The Kier molecular flexibility index (Phi) is 5.49. The van der Waals surface area contributed by atoms with Gasteiger partial charge in [0.25, 0.3) is 0 Å². The topological polar surface area (TPSA) is 44.3 Å². The molecule has 0 saturated carbocycles. The molecule has 1 aliphatic rings. The number of alkyl halides is 3. The van der Waals surface area contributed by atoms with Crippen LogP contribution >= 0.6 is 35.2 Å². The van der Waals surface area contributed by atoms with Crippen LogP contribution in [0.15, 0.2) is 18.2 Å². The maximum absolute atomic E-state index is 13.2. The molecule has 26 heavy (non-hydrogen) atoms. The summed E-state index contributed by atoms with van der Waals surface area (Å²) in [6, 6.07) is 4.18. The Morgan fingerprint density at radius 3 is 2.46 bits per heavy atom. The van der Waals surface area contributed by atoms with Gasteiger partial charge in [0.05, 0.1) is 5.02 Å². The number of thiocarbonyl (C=S) groups is 1. The van der Waals surface area contributed by atoms with Crippen LogP contribution in [0.2, 0.25) is 5.02 Å². The van der Waals surface area contributed by atoms with Crippen LogP contribution in [0.4, 0.5) is 28.4 Å². The fraction of sp³-hybridized carbons (Fsp3) is 0.357. The second-order valence-corrected chi connectivity index (χ2v) is 7.17. The summed E-state index contributed by atoms with van der Waals surface area (Å²) in [7, 11) is 0. The largest absolute Gasteiger partial charge is 0.445 e. The van der Waals surface area contributed by atoms with Crippen molar-refractivity contribution in [1.82, 2.24) is 15.1 Å². The van der Waals surface area contributed by atoms with Gasteiger partial charge in [-0.1, -0.05) is 22.9 Å². The minimum atomic E-state index is -4.49. The summed E-state index contributed by atoms with van der Waals surface area (Å²) in [5.41, 5.74) is 0.558. The maximum atomic E-state index is 13.2. The molecule has 1 aromatic heterocycles. The molecule has 1 aromatic carbocycles. The molecule has 2 heterocycles. The zero-order chi connectivity index (χ0) is 18.9. The number of halogens is 5. The van der Waals surface area contributed by atoms with E-state index < -0.39 is 17.0 Å². The molecule has 0 spiro atoms. The Hall–Kier alpha value is -1.72. The minimum absolute atomic E-state index is 0.0145. The molecule has 0 bridgehead atoms. The summed E-state index contributed by atoms with van der Waals surface area (Å²) < 4.78 is 51.0. The van der Waals surface area contributed by atoms with Gasteiger partial charge in [0, 0.05) is 31.9 Å². The Morgan fingerprint density at radius 1 is 1.19 bits per heavy atom. The van der Waals surface area contributed by atoms with Crippen molar-refractivity contribution in [2.24, 2.45) is 0 Å².